The van der Waals surface area contributed by atoms with Crippen LogP contribution in [-0.4, -0.2) is 259 Å². The summed E-state index contributed by atoms with van der Waals surface area (Å²) < 4.78 is 72.8. The summed E-state index contributed by atoms with van der Waals surface area (Å²) in [4.78, 5) is 221. The number of ketones is 7. The number of para-hydroxylation sites is 4. The Kier molecular flexibility index (Phi) is 35.2. The number of imide groups is 3. The van der Waals surface area contributed by atoms with Crippen LogP contribution in [0.2, 0.25) is 23.3 Å². The molecule has 4 saturated heterocycles. The van der Waals surface area contributed by atoms with Crippen molar-refractivity contribution in [1.82, 2.24) is 70.4 Å². The average Bonchev–Trinajstić information content (AvgIpc) is 1.79. The molecule has 0 radical (unpaired) electrons. The average molecular weight is 2080 g/mol. The number of rotatable bonds is 28. The Morgan fingerprint density at radius 3 is 1.17 bits per heavy atom. The van der Waals surface area contributed by atoms with Gasteiger partial charge in [-0.05, 0) is 125 Å². The van der Waals surface area contributed by atoms with Crippen LogP contribution < -0.4 is 68.1 Å². The minimum absolute atomic E-state index is 0.0190. The lowest BCUT2D eigenvalue weighted by Crippen LogP contribution is -2.59. The third-order valence-electron chi connectivity index (χ3n) is 25.2. The van der Waals surface area contributed by atoms with Crippen molar-refractivity contribution in [2.45, 2.75) is 178 Å². The van der Waals surface area contributed by atoms with Crippen LogP contribution in [0.5, 0.6) is 23.0 Å². The van der Waals surface area contributed by atoms with Gasteiger partial charge >= 0.3 is 58.4 Å². The van der Waals surface area contributed by atoms with E-state index in [2.05, 4.69) is 46.5 Å². The second kappa shape index (κ2) is 47.0. The summed E-state index contributed by atoms with van der Waals surface area (Å²) in [6, 6.07) is 12.7. The van der Waals surface area contributed by atoms with E-state index >= 15 is 0 Å². The van der Waals surface area contributed by atoms with Gasteiger partial charge in [0, 0.05) is 122 Å². The van der Waals surface area contributed by atoms with Crippen LogP contribution in [0.1, 0.15) is 191 Å². The van der Waals surface area contributed by atoms with Gasteiger partial charge < -0.3 is 93.1 Å². The number of aryl methyl sites for hydroxylation is 1. The molecular weight excluding hydrogens is 1980 g/mol. The standard InChI is InChI=1S/C23H29BN4O7S2.C22H24BF2N5O6S.C22H24BN5O7S.C22H25BN4O6S/c1-13(29)17-5-3-4-15-10-16(24(32)35-21(15)17)11-19(30)20(18-12-36-23(25)26-18)27-22(31)14-6-8-28(9-7-14)37(2,33)34;1-11-3-2-4-12-7-13(23(35)36-18(11)12)8-15(31)17(14-10-37-21(26)27-14)28-22(34)30-6-5-29(9-16(24)25)19(32)20(30)33;1-11(29)15-5-3-4-13-8-14(23(34)35-19(13)15)9-17(31)18(16-10-36-20(24)25-16)26-21(32)28-7-6-27(12(2)30)22(28)33;1-11(28)14-5-2-4-12-8-13(23(32)33-20(12)14)9-17(29)19(16-10-34-22(24)26-16)27-21(31)15-6-3-7-18(30)25-15/h3-5,12,14,16,20,32H,6-11H2,1-2H3,(H2,25,26)(H,27,31);2-4,10,13,16-17,35H,5-9H2,1H3,(H2,26,27)(H,28,34);3-5,10,14,18,34H,6-9H2,1-2H3,(H2,24,25)(H,26,32);2,4-5,10,13,15,19,32H,3,6-9H2,1H3,(H2,24,26)(H,25,30)(H,27,31)/t16-,20?;13-,17?;14-,18?;13-,15?,19?/m1111/s1. The molecule has 760 valence electrons. The molecule has 4 aromatic heterocycles. The number of amides is 12. The minimum atomic E-state index is -3.33. The lowest BCUT2D eigenvalue weighted by molar-refractivity contribution is -0.155. The Morgan fingerprint density at radius 2 is 0.819 bits per heavy atom. The third kappa shape index (κ3) is 26.2. The topological polar surface area (TPSA) is 657 Å². The number of piperidine rings is 2. The fraction of sp³-hybridized carbons (Fsp3) is 0.416. The number of urea groups is 3. The number of carbonyl (C=O) groups excluding carboxylic acids is 16. The van der Waals surface area contributed by atoms with E-state index in [4.69, 9.17) is 41.6 Å². The molecule has 17 N–H and O–H groups in total. The van der Waals surface area contributed by atoms with E-state index in [1.807, 2.05) is 25.1 Å². The van der Waals surface area contributed by atoms with E-state index in [-0.39, 0.29) is 144 Å². The van der Waals surface area contributed by atoms with Gasteiger partial charge in [0.25, 0.3) is 6.43 Å². The summed E-state index contributed by atoms with van der Waals surface area (Å²) in [7, 11) is -8.57. The SMILES string of the molecule is CC(=O)c1cccc2c1OB(O)[C@@H](CC(=O)C(NC(=O)C1CCCC(=O)N1)c1csc(N)n1)C2.CC(=O)c1cccc2c1OB(O)[C@@H](CC(=O)C(NC(=O)C1CCN(S(C)(=O)=O)CC1)c1csc(N)n1)C2.CC(=O)c1cccc2c1OB(O)[C@@H](CC(=O)C(NC(=O)N1CCN(C(C)=O)C1=O)c1csc(N)n1)C2.Cc1cccc2c1OB(O)[C@@H](CC(=O)C(NC(=O)N1CCN(CC(F)F)C(=O)C1=O)c1csc(N)n1)C2. The summed E-state index contributed by atoms with van der Waals surface area (Å²) in [5.41, 5.74) is 28.7. The maximum atomic E-state index is 13.5. The zero-order valence-electron chi connectivity index (χ0n) is 78.4. The van der Waals surface area contributed by atoms with E-state index < -0.39 is 164 Å². The maximum Gasteiger partial charge on any atom is 0.526 e. The fourth-order valence-corrected chi connectivity index (χ4v) is 20.9. The van der Waals surface area contributed by atoms with Gasteiger partial charge in [-0.15, -0.1) is 45.3 Å². The molecule has 12 heterocycles. The van der Waals surface area contributed by atoms with E-state index in [1.54, 1.807) is 65.4 Å². The van der Waals surface area contributed by atoms with Gasteiger partial charge in [0.1, 0.15) is 53.2 Å². The van der Waals surface area contributed by atoms with Gasteiger partial charge in [0.15, 0.2) is 61.0 Å². The molecule has 8 aliphatic rings. The van der Waals surface area contributed by atoms with Gasteiger partial charge in [-0.1, -0.05) is 54.6 Å². The Hall–Kier alpha value is -13.4. The van der Waals surface area contributed by atoms with Crippen molar-refractivity contribution in [3.8, 4) is 23.0 Å². The molecule has 4 fully saturated rings. The Bertz CT molecular complexity index is 6430. The molecule has 9 atom stereocenters. The summed E-state index contributed by atoms with van der Waals surface area (Å²) in [6.07, 6.45) is 1.04. The molecule has 12 amide bonds. The smallest absolute Gasteiger partial charge is 0.526 e. The number of hydrogen-bond acceptors (Lipinski definition) is 38. The number of fused-ring (bicyclic) bond motifs is 4. The molecule has 16 rings (SSSR count). The highest BCUT2D eigenvalue weighted by Gasteiger charge is 2.48. The molecule has 0 aliphatic carbocycles. The number of nitrogens with one attached hydrogen (secondary N) is 5. The molecule has 8 aromatic rings. The molecule has 0 bridgehead atoms. The van der Waals surface area contributed by atoms with Crippen molar-refractivity contribution in [3.05, 3.63) is 162 Å². The van der Waals surface area contributed by atoms with Crippen molar-refractivity contribution in [2.75, 3.05) is 75.0 Å². The molecular formula is C89H102B4F2N18O26S5. The highest BCUT2D eigenvalue weighted by Crippen LogP contribution is 2.44. The van der Waals surface area contributed by atoms with E-state index in [0.29, 0.717) is 123 Å². The zero-order valence-corrected chi connectivity index (χ0v) is 82.5. The number of aromatic nitrogens is 4. The van der Waals surface area contributed by atoms with Crippen LogP contribution in [0.3, 0.4) is 0 Å². The Balaban J connectivity index is 0.000000161. The van der Waals surface area contributed by atoms with Crippen molar-refractivity contribution < 1.29 is 133 Å². The number of alkyl halides is 2. The van der Waals surface area contributed by atoms with Gasteiger partial charge in [-0.2, -0.15) is 0 Å². The number of hydrogen-bond donors (Lipinski definition) is 13. The molecule has 55 heteroatoms. The highest BCUT2D eigenvalue weighted by atomic mass is 32.2. The number of halogens is 2. The van der Waals surface area contributed by atoms with Crippen molar-refractivity contribution >= 4 is 198 Å². The van der Waals surface area contributed by atoms with Gasteiger partial charge in [-0.3, -0.25) is 72.1 Å². The summed E-state index contributed by atoms with van der Waals surface area (Å²) in [5.74, 6) is -7.83. The first-order chi connectivity index (χ1) is 68.3. The lowest BCUT2D eigenvalue weighted by atomic mass is 9.64. The number of Topliss-reactive ketones (excluding diaryl/α,β-unsaturated/α-hetero) is 7. The predicted molar refractivity (Wildman–Crippen MR) is 522 cm³/mol. The number of thiazole rings is 4. The van der Waals surface area contributed by atoms with Crippen molar-refractivity contribution in [1.29, 1.82) is 0 Å². The van der Waals surface area contributed by atoms with Crippen molar-refractivity contribution in [2.24, 2.45) is 5.92 Å². The molecule has 44 nitrogen and oxygen atoms in total. The van der Waals surface area contributed by atoms with E-state index in [0.717, 1.165) is 78.1 Å². The van der Waals surface area contributed by atoms with Crippen LogP contribution in [0.25, 0.3) is 0 Å². The highest BCUT2D eigenvalue weighted by molar-refractivity contribution is 7.88. The monoisotopic (exact) mass is 2080 g/mol. The predicted octanol–water partition coefficient (Wildman–Crippen LogP) is 4.97. The summed E-state index contributed by atoms with van der Waals surface area (Å²) >= 11 is 4.40. The number of nitrogen functional groups attached to an aromatic ring is 4. The fourth-order valence-electron chi connectivity index (χ4n) is 17.7. The second-order valence-corrected chi connectivity index (χ2v) is 41.0. The molecule has 0 spiro atoms. The van der Waals surface area contributed by atoms with Gasteiger partial charge in [0.2, 0.25) is 33.7 Å². The summed E-state index contributed by atoms with van der Waals surface area (Å²) in [6.45, 7) is 6.27. The van der Waals surface area contributed by atoms with Crippen LogP contribution in [0.4, 0.5) is 43.7 Å². The maximum absolute atomic E-state index is 13.5. The first-order valence-electron chi connectivity index (χ1n) is 45.5. The van der Waals surface area contributed by atoms with E-state index in [9.17, 15) is 114 Å². The number of benzene rings is 4. The number of piperazine rings is 1. The first-order valence-corrected chi connectivity index (χ1v) is 50.9. The zero-order chi connectivity index (χ0) is 104. The van der Waals surface area contributed by atoms with Crippen LogP contribution in [-0.2, 0) is 83.7 Å². The lowest BCUT2D eigenvalue weighted by Gasteiger charge is -2.33. The Morgan fingerprint density at radius 1 is 0.472 bits per heavy atom. The number of anilines is 4. The largest absolute Gasteiger partial charge is 0.536 e. The molecule has 144 heavy (non-hydrogen) atoms. The van der Waals surface area contributed by atoms with Gasteiger partial charge in [0.05, 0.1) is 58.8 Å². The number of sulfonamides is 1. The van der Waals surface area contributed by atoms with Gasteiger partial charge in [-0.25, -0.2) is 60.7 Å². The second-order valence-electron chi connectivity index (χ2n) is 35.4. The molecule has 5 unspecified atom stereocenters. The minimum Gasteiger partial charge on any atom is -0.536 e. The quantitative estimate of drug-likeness (QED) is 0.0175. The number of carbonyl (C=O) groups is 16. The molecule has 4 aromatic carbocycles. The van der Waals surface area contributed by atoms with Crippen LogP contribution in [0, 0.1) is 12.8 Å². The third-order valence-corrected chi connectivity index (χ3v) is 29.3. The first kappa shape index (κ1) is 108. The van der Waals surface area contributed by atoms with Crippen LogP contribution in [0.15, 0.2) is 94.3 Å². The molecule has 0 saturated carbocycles. The van der Waals surface area contributed by atoms with E-state index in [1.165, 1.54) is 42.8 Å². The van der Waals surface area contributed by atoms with Crippen molar-refractivity contribution in [3.63, 3.8) is 0 Å². The normalized spacial score (nSPS) is 19.1. The Labute approximate surface area is 839 Å². The number of nitrogens with zero attached hydrogens (tertiary/aromatic N) is 9. The summed E-state index contributed by atoms with van der Waals surface area (Å²) in [5, 5.41) is 62.5. The van der Waals surface area contributed by atoms with Crippen LogP contribution >= 0.6 is 45.3 Å². The molecule has 8 aliphatic heterocycles. The number of nitrogens with two attached hydrogens (primary N) is 4.